The number of carbonyl (C=O) groups is 1. The summed E-state index contributed by atoms with van der Waals surface area (Å²) >= 11 is 12.6. The number of benzene rings is 2. The summed E-state index contributed by atoms with van der Waals surface area (Å²) in [4.78, 5) is 13.2. The largest absolute Gasteiger partial charge is 0.286 e. The molecule has 35 heavy (non-hydrogen) atoms. The summed E-state index contributed by atoms with van der Waals surface area (Å²) < 4.78 is 25.1. The van der Waals surface area contributed by atoms with Crippen molar-refractivity contribution in [2.75, 3.05) is 24.6 Å². The highest BCUT2D eigenvalue weighted by molar-refractivity contribution is 7.91. The fraction of sp³-hybridized carbons (Fsp3) is 0.280. The average molecular weight is 529 g/mol. The summed E-state index contributed by atoms with van der Waals surface area (Å²) in [5, 5.41) is 7.14. The lowest BCUT2D eigenvalue weighted by molar-refractivity contribution is 0.0795. The molecule has 1 unspecified atom stereocenters. The van der Waals surface area contributed by atoms with E-state index in [0.717, 1.165) is 23.2 Å². The molecule has 1 aromatic heterocycles. The Kier molecular flexibility index (Phi) is 6.36. The van der Waals surface area contributed by atoms with E-state index in [1.807, 2.05) is 31.2 Å². The van der Waals surface area contributed by atoms with Crippen LogP contribution in [0.4, 0.5) is 0 Å². The fourth-order valence-corrected chi connectivity index (χ4v) is 5.87. The normalized spacial score (nSPS) is 18.9. The number of nitrogens with one attached hydrogen (secondary N) is 1. The highest BCUT2D eigenvalue weighted by atomic mass is 35.5. The van der Waals surface area contributed by atoms with Crippen molar-refractivity contribution in [3.8, 4) is 28.8 Å². The molecule has 10 heteroatoms. The van der Waals surface area contributed by atoms with Crippen LogP contribution < -0.4 is 5.43 Å². The summed E-state index contributed by atoms with van der Waals surface area (Å²) in [5.74, 6) is 6.05. The van der Waals surface area contributed by atoms with Gasteiger partial charge in [0.25, 0.3) is 5.91 Å². The van der Waals surface area contributed by atoms with Crippen molar-refractivity contribution in [2.24, 2.45) is 0 Å². The van der Waals surface area contributed by atoms with Crippen LogP contribution in [0.25, 0.3) is 16.9 Å². The predicted molar refractivity (Wildman–Crippen MR) is 137 cm³/mol. The molecule has 1 aliphatic heterocycles. The molecule has 3 aromatic rings. The molecule has 1 aliphatic carbocycles. The Morgan fingerprint density at radius 3 is 2.40 bits per heavy atom. The standard InChI is InChI=1S/C25H22Cl2N4O3S/c1-16-23(25(32)29-30-11-13-35(33,34)14-12-30)28-31(22-10-9-20(26)15-21(22)27)24(16)19-7-5-18(6-8-19)17-3-2-4-17/h5-10,15,17H,3,11-14H2,1H3,(H,29,32). The van der Waals surface area contributed by atoms with Gasteiger partial charge in [0, 0.05) is 35.7 Å². The number of hydrogen-bond donors (Lipinski definition) is 1. The second-order valence-electron chi connectivity index (χ2n) is 8.61. The number of halogens is 2. The van der Waals surface area contributed by atoms with E-state index in [0.29, 0.717) is 21.3 Å². The lowest BCUT2D eigenvalue weighted by atomic mass is 9.90. The van der Waals surface area contributed by atoms with E-state index in [1.165, 1.54) is 0 Å². The van der Waals surface area contributed by atoms with Crippen molar-refractivity contribution in [1.29, 1.82) is 0 Å². The number of hydrazine groups is 1. The molecule has 2 aromatic carbocycles. The summed E-state index contributed by atoms with van der Waals surface area (Å²) in [7, 11) is -3.06. The molecule has 0 spiro atoms. The number of nitrogens with zero attached hydrogens (tertiary/aromatic N) is 3. The Bertz CT molecular complexity index is 1470. The predicted octanol–water partition coefficient (Wildman–Crippen LogP) is 4.02. The first-order chi connectivity index (χ1) is 16.7. The van der Waals surface area contributed by atoms with Gasteiger partial charge in [-0.05, 0) is 30.7 Å². The van der Waals surface area contributed by atoms with Crippen molar-refractivity contribution in [3.63, 3.8) is 0 Å². The average Bonchev–Trinajstić information content (AvgIpc) is 3.11. The Hall–Kier alpha value is -2.83. The molecular weight excluding hydrogens is 507 g/mol. The summed E-state index contributed by atoms with van der Waals surface area (Å²) in [6.45, 7) is 2.30. The van der Waals surface area contributed by atoms with Gasteiger partial charge in [-0.3, -0.25) is 10.2 Å². The van der Waals surface area contributed by atoms with E-state index < -0.39 is 15.7 Å². The summed E-state index contributed by atoms with van der Waals surface area (Å²) in [6.07, 6.45) is 0.860. The van der Waals surface area contributed by atoms with Crippen LogP contribution in [0, 0.1) is 18.8 Å². The second kappa shape index (κ2) is 9.32. The molecule has 1 amide bonds. The van der Waals surface area contributed by atoms with Gasteiger partial charge in [-0.15, -0.1) is 5.92 Å². The maximum Gasteiger partial charge on any atom is 0.286 e. The second-order valence-corrected chi connectivity index (χ2v) is 11.8. The highest BCUT2D eigenvalue weighted by Gasteiger charge is 2.27. The molecule has 1 saturated heterocycles. The minimum absolute atomic E-state index is 0.00402. The van der Waals surface area contributed by atoms with Crippen LogP contribution in [0.5, 0.6) is 0 Å². The molecule has 1 fully saturated rings. The molecule has 0 saturated carbocycles. The number of aromatic nitrogens is 2. The van der Waals surface area contributed by atoms with Gasteiger partial charge >= 0.3 is 0 Å². The van der Waals surface area contributed by atoms with Gasteiger partial charge in [-0.25, -0.2) is 18.1 Å². The van der Waals surface area contributed by atoms with Crippen LogP contribution in [0.3, 0.4) is 0 Å². The third-order valence-corrected chi connectivity index (χ3v) is 8.40. The van der Waals surface area contributed by atoms with Crippen molar-refractivity contribution in [1.82, 2.24) is 20.2 Å². The number of amides is 1. The monoisotopic (exact) mass is 528 g/mol. The minimum atomic E-state index is -3.06. The van der Waals surface area contributed by atoms with E-state index in [2.05, 4.69) is 22.4 Å². The van der Waals surface area contributed by atoms with Crippen molar-refractivity contribution >= 4 is 38.9 Å². The Labute approximate surface area is 213 Å². The molecule has 0 bridgehead atoms. The molecule has 180 valence electrons. The Balaban J connectivity index is 1.53. The van der Waals surface area contributed by atoms with Gasteiger partial charge in [-0.2, -0.15) is 5.10 Å². The molecular formula is C25H22Cl2N4O3S. The molecule has 1 N–H and O–H groups in total. The van der Waals surface area contributed by atoms with E-state index in [1.54, 1.807) is 27.9 Å². The van der Waals surface area contributed by atoms with Crippen molar-refractivity contribution < 1.29 is 13.2 Å². The molecule has 0 radical (unpaired) electrons. The van der Waals surface area contributed by atoms with Crippen LogP contribution in [-0.4, -0.2) is 53.7 Å². The maximum atomic E-state index is 13.2. The van der Waals surface area contributed by atoms with Crippen molar-refractivity contribution in [3.05, 3.63) is 69.3 Å². The van der Waals surface area contributed by atoms with Gasteiger partial charge in [-0.1, -0.05) is 53.4 Å². The minimum Gasteiger partial charge on any atom is -0.283 e. The van der Waals surface area contributed by atoms with Gasteiger partial charge in [0.2, 0.25) is 0 Å². The van der Waals surface area contributed by atoms with Crippen LogP contribution >= 0.6 is 23.2 Å². The summed E-state index contributed by atoms with van der Waals surface area (Å²) in [5.41, 5.74) is 7.05. The SMILES string of the molecule is Cc1c(C(=O)NN2CCS(=O)(=O)CC2)nn(-c2ccc(Cl)cc2Cl)c1-c1ccc(C2C#CC2)cc1. The first-order valence-corrected chi connectivity index (χ1v) is 13.7. The number of rotatable bonds is 5. The van der Waals surface area contributed by atoms with Crippen LogP contribution in [0.15, 0.2) is 42.5 Å². The third kappa shape index (κ3) is 4.82. The van der Waals surface area contributed by atoms with Crippen molar-refractivity contribution in [2.45, 2.75) is 19.3 Å². The van der Waals surface area contributed by atoms with Gasteiger partial charge in [0.1, 0.15) is 0 Å². The third-order valence-electron chi connectivity index (χ3n) is 6.25. The maximum absolute atomic E-state index is 13.2. The lowest BCUT2D eigenvalue weighted by Crippen LogP contribution is -2.50. The molecule has 1 atom stereocenters. The zero-order chi connectivity index (χ0) is 24.7. The number of carbonyl (C=O) groups excluding carboxylic acids is 1. The van der Waals surface area contributed by atoms with Crippen LogP contribution in [-0.2, 0) is 9.84 Å². The Morgan fingerprint density at radius 1 is 1.11 bits per heavy atom. The molecule has 7 nitrogen and oxygen atoms in total. The van der Waals surface area contributed by atoms with Gasteiger partial charge in [0.15, 0.2) is 15.5 Å². The Morgan fingerprint density at radius 2 is 1.80 bits per heavy atom. The van der Waals surface area contributed by atoms with Crippen LogP contribution in [0.1, 0.15) is 34.0 Å². The molecule has 2 aliphatic rings. The number of sulfone groups is 1. The fourth-order valence-electron chi connectivity index (χ4n) is 4.18. The number of hydrogen-bond acceptors (Lipinski definition) is 5. The zero-order valence-corrected chi connectivity index (χ0v) is 21.2. The molecule has 5 rings (SSSR count). The summed E-state index contributed by atoms with van der Waals surface area (Å²) in [6, 6.07) is 13.2. The quantitative estimate of drug-likeness (QED) is 0.505. The topological polar surface area (TPSA) is 84.3 Å². The van der Waals surface area contributed by atoms with E-state index in [-0.39, 0.29) is 36.2 Å². The zero-order valence-electron chi connectivity index (χ0n) is 18.9. The molecule has 2 heterocycles. The highest BCUT2D eigenvalue weighted by Crippen LogP contribution is 2.34. The first-order valence-electron chi connectivity index (χ1n) is 11.1. The van der Waals surface area contributed by atoms with Crippen LogP contribution in [0.2, 0.25) is 10.0 Å². The van der Waals surface area contributed by atoms with E-state index in [4.69, 9.17) is 23.2 Å². The first kappa shape index (κ1) is 23.9. The van der Waals surface area contributed by atoms with Gasteiger partial charge in [0.05, 0.1) is 33.8 Å². The lowest BCUT2D eigenvalue weighted by Gasteiger charge is -2.26. The smallest absolute Gasteiger partial charge is 0.283 e. The van der Waals surface area contributed by atoms with E-state index in [9.17, 15) is 13.2 Å². The van der Waals surface area contributed by atoms with E-state index >= 15 is 0 Å². The van der Waals surface area contributed by atoms with Gasteiger partial charge < -0.3 is 0 Å².